The Morgan fingerprint density at radius 2 is 1.96 bits per heavy atom. The van der Waals surface area contributed by atoms with E-state index in [-0.39, 0.29) is 30.7 Å². The zero-order valence-corrected chi connectivity index (χ0v) is 15.7. The van der Waals surface area contributed by atoms with Crippen LogP contribution in [-0.4, -0.2) is 52.0 Å². The summed E-state index contributed by atoms with van der Waals surface area (Å²) >= 11 is 0. The van der Waals surface area contributed by atoms with Crippen LogP contribution in [0.1, 0.15) is 29.0 Å². The predicted octanol–water partition coefficient (Wildman–Crippen LogP) is 2.02. The van der Waals surface area contributed by atoms with Gasteiger partial charge in [-0.1, -0.05) is 18.1 Å². The number of amides is 1. The van der Waals surface area contributed by atoms with Crippen molar-refractivity contribution in [1.82, 2.24) is 19.9 Å². The first kappa shape index (κ1) is 21.2. The number of benzene rings is 1. The lowest BCUT2D eigenvalue weighted by atomic mass is 10.1. The number of rotatable bonds is 4. The van der Waals surface area contributed by atoms with Crippen LogP contribution < -0.4 is 5.73 Å². The minimum atomic E-state index is 0. The molecule has 2 aromatic rings. The molecule has 0 aliphatic carbocycles. The standard InChI is InChI=1S/C16H21N5O2.2ClH/c1-2-15-18-14(19-23-15)11-20-6-8-21(9-7-20)16(22)12-4-3-5-13(17)10-12;;/h3-5,10H,2,6-9,11,17H2,1H3;2*1H. The molecule has 7 nitrogen and oxygen atoms in total. The van der Waals surface area contributed by atoms with E-state index < -0.39 is 0 Å². The molecule has 1 saturated heterocycles. The van der Waals surface area contributed by atoms with Gasteiger partial charge in [-0.2, -0.15) is 4.98 Å². The van der Waals surface area contributed by atoms with E-state index >= 15 is 0 Å². The molecule has 1 fully saturated rings. The third-order valence-electron chi connectivity index (χ3n) is 3.97. The number of anilines is 1. The van der Waals surface area contributed by atoms with Gasteiger partial charge in [-0.05, 0) is 18.2 Å². The number of hydrogen-bond donors (Lipinski definition) is 1. The second-order valence-corrected chi connectivity index (χ2v) is 5.65. The highest BCUT2D eigenvalue weighted by Crippen LogP contribution is 2.13. The Hall–Kier alpha value is -1.83. The summed E-state index contributed by atoms with van der Waals surface area (Å²) in [6.07, 6.45) is 0.746. The van der Waals surface area contributed by atoms with Gasteiger partial charge in [-0.15, -0.1) is 24.8 Å². The van der Waals surface area contributed by atoms with Crippen LogP contribution >= 0.6 is 24.8 Å². The molecule has 25 heavy (non-hydrogen) atoms. The lowest BCUT2D eigenvalue weighted by molar-refractivity contribution is 0.0624. The average molecular weight is 388 g/mol. The van der Waals surface area contributed by atoms with Crippen LogP contribution in [0.25, 0.3) is 0 Å². The van der Waals surface area contributed by atoms with E-state index in [0.717, 1.165) is 19.5 Å². The number of halogens is 2. The van der Waals surface area contributed by atoms with Gasteiger partial charge >= 0.3 is 0 Å². The van der Waals surface area contributed by atoms with Crippen LogP contribution in [-0.2, 0) is 13.0 Å². The largest absolute Gasteiger partial charge is 0.399 e. The lowest BCUT2D eigenvalue weighted by Gasteiger charge is -2.34. The molecule has 0 spiro atoms. The Balaban J connectivity index is 0.00000156. The Kier molecular flexibility index (Phi) is 8.15. The highest BCUT2D eigenvalue weighted by atomic mass is 35.5. The number of aryl methyl sites for hydroxylation is 1. The number of hydrogen-bond acceptors (Lipinski definition) is 6. The van der Waals surface area contributed by atoms with Crippen LogP contribution in [0, 0.1) is 0 Å². The van der Waals surface area contributed by atoms with Gasteiger partial charge in [0.1, 0.15) is 0 Å². The Morgan fingerprint density at radius 3 is 2.56 bits per heavy atom. The molecule has 1 aliphatic heterocycles. The molecular weight excluding hydrogens is 365 g/mol. The van der Waals surface area contributed by atoms with E-state index in [1.165, 1.54) is 0 Å². The van der Waals surface area contributed by atoms with Gasteiger partial charge in [0.15, 0.2) is 5.82 Å². The molecule has 1 aromatic carbocycles. The number of nitrogen functional groups attached to an aromatic ring is 1. The molecule has 9 heteroatoms. The van der Waals surface area contributed by atoms with Gasteiger partial charge in [0.25, 0.3) is 5.91 Å². The summed E-state index contributed by atoms with van der Waals surface area (Å²) in [5.41, 5.74) is 7.00. The summed E-state index contributed by atoms with van der Waals surface area (Å²) in [7, 11) is 0. The highest BCUT2D eigenvalue weighted by molar-refractivity contribution is 5.95. The average Bonchev–Trinajstić information content (AvgIpc) is 3.02. The Morgan fingerprint density at radius 1 is 1.24 bits per heavy atom. The SMILES string of the molecule is CCc1nc(CN2CCN(C(=O)c3cccc(N)c3)CC2)no1.Cl.Cl. The smallest absolute Gasteiger partial charge is 0.254 e. The molecule has 1 aliphatic rings. The highest BCUT2D eigenvalue weighted by Gasteiger charge is 2.23. The zero-order valence-electron chi connectivity index (χ0n) is 14.1. The molecule has 3 rings (SSSR count). The topological polar surface area (TPSA) is 88.5 Å². The molecule has 2 N–H and O–H groups in total. The summed E-state index contributed by atoms with van der Waals surface area (Å²) in [6.45, 7) is 5.61. The van der Waals surface area contributed by atoms with Crippen molar-refractivity contribution in [1.29, 1.82) is 0 Å². The summed E-state index contributed by atoms with van der Waals surface area (Å²) in [6, 6.07) is 7.11. The molecule has 0 bridgehead atoms. The van der Waals surface area contributed by atoms with E-state index in [2.05, 4.69) is 15.0 Å². The second kappa shape index (κ2) is 9.60. The number of piperazine rings is 1. The van der Waals surface area contributed by atoms with Crippen molar-refractivity contribution in [3.63, 3.8) is 0 Å². The van der Waals surface area contributed by atoms with Crippen molar-refractivity contribution in [2.45, 2.75) is 19.9 Å². The number of nitrogens with two attached hydrogens (primary N) is 1. The van der Waals surface area contributed by atoms with Crippen LogP contribution in [0.15, 0.2) is 28.8 Å². The number of aromatic nitrogens is 2. The maximum Gasteiger partial charge on any atom is 0.254 e. The van der Waals surface area contributed by atoms with Crippen molar-refractivity contribution >= 4 is 36.4 Å². The van der Waals surface area contributed by atoms with Crippen LogP contribution in [0.4, 0.5) is 5.69 Å². The van der Waals surface area contributed by atoms with Crippen LogP contribution in [0.2, 0.25) is 0 Å². The summed E-state index contributed by atoms with van der Waals surface area (Å²) in [5.74, 6) is 1.40. The van der Waals surface area contributed by atoms with Gasteiger partial charge in [0, 0.05) is 43.9 Å². The van der Waals surface area contributed by atoms with E-state index in [9.17, 15) is 4.79 Å². The third-order valence-corrected chi connectivity index (χ3v) is 3.97. The molecule has 2 heterocycles. The van der Waals surface area contributed by atoms with Crippen molar-refractivity contribution in [2.24, 2.45) is 0 Å². The molecule has 138 valence electrons. The van der Waals surface area contributed by atoms with Crippen LogP contribution in [0.3, 0.4) is 0 Å². The summed E-state index contributed by atoms with van der Waals surface area (Å²) in [4.78, 5) is 20.9. The fourth-order valence-electron chi connectivity index (χ4n) is 2.66. The van der Waals surface area contributed by atoms with Crippen molar-refractivity contribution in [3.8, 4) is 0 Å². The maximum absolute atomic E-state index is 12.5. The van der Waals surface area contributed by atoms with Crippen LogP contribution in [0.5, 0.6) is 0 Å². The molecule has 1 aromatic heterocycles. The third kappa shape index (κ3) is 5.32. The van der Waals surface area contributed by atoms with Gasteiger partial charge in [-0.3, -0.25) is 9.69 Å². The van der Waals surface area contributed by atoms with E-state index in [1.807, 2.05) is 11.8 Å². The minimum absolute atomic E-state index is 0. The van der Waals surface area contributed by atoms with Crippen molar-refractivity contribution in [2.75, 3.05) is 31.9 Å². The predicted molar refractivity (Wildman–Crippen MR) is 100 cm³/mol. The number of nitrogens with zero attached hydrogens (tertiary/aromatic N) is 4. The molecular formula is C16H23Cl2N5O2. The van der Waals surface area contributed by atoms with Crippen molar-refractivity contribution in [3.05, 3.63) is 41.5 Å². The molecule has 0 atom stereocenters. The van der Waals surface area contributed by atoms with Gasteiger partial charge in [0.05, 0.1) is 6.54 Å². The Labute approximate surface area is 159 Å². The first-order valence-corrected chi connectivity index (χ1v) is 7.84. The van der Waals surface area contributed by atoms with Crippen molar-refractivity contribution < 1.29 is 9.32 Å². The quantitative estimate of drug-likeness (QED) is 0.807. The molecule has 0 unspecified atom stereocenters. The fraction of sp³-hybridized carbons (Fsp3) is 0.438. The normalized spacial score (nSPS) is 14.5. The van der Waals surface area contributed by atoms with Gasteiger partial charge in [0.2, 0.25) is 5.89 Å². The molecule has 1 amide bonds. The van der Waals surface area contributed by atoms with Gasteiger partial charge < -0.3 is 15.2 Å². The number of carbonyl (C=O) groups excluding carboxylic acids is 1. The van der Waals surface area contributed by atoms with E-state index in [1.54, 1.807) is 24.3 Å². The molecule has 0 saturated carbocycles. The Bertz CT molecular complexity index is 687. The molecule has 0 radical (unpaired) electrons. The maximum atomic E-state index is 12.5. The second-order valence-electron chi connectivity index (χ2n) is 5.65. The first-order valence-electron chi connectivity index (χ1n) is 7.84. The lowest BCUT2D eigenvalue weighted by Crippen LogP contribution is -2.48. The number of carbonyl (C=O) groups is 1. The van der Waals surface area contributed by atoms with E-state index in [0.29, 0.717) is 42.6 Å². The summed E-state index contributed by atoms with van der Waals surface area (Å²) in [5, 5.41) is 3.97. The van der Waals surface area contributed by atoms with E-state index in [4.69, 9.17) is 10.3 Å². The summed E-state index contributed by atoms with van der Waals surface area (Å²) < 4.78 is 5.12. The zero-order chi connectivity index (χ0) is 16.2. The van der Waals surface area contributed by atoms with Gasteiger partial charge in [-0.25, -0.2) is 0 Å². The fourth-order valence-corrected chi connectivity index (χ4v) is 2.66. The minimum Gasteiger partial charge on any atom is -0.399 e. The first-order chi connectivity index (χ1) is 11.2. The monoisotopic (exact) mass is 387 g/mol.